The van der Waals surface area contributed by atoms with Crippen molar-refractivity contribution in [2.24, 2.45) is 11.8 Å². The van der Waals surface area contributed by atoms with Crippen LogP contribution in [0.15, 0.2) is 29.2 Å². The lowest BCUT2D eigenvalue weighted by molar-refractivity contribution is 0.101. The van der Waals surface area contributed by atoms with Crippen molar-refractivity contribution in [3.05, 3.63) is 29.8 Å². The normalized spacial score (nSPS) is 22.4. The van der Waals surface area contributed by atoms with Gasteiger partial charge in [-0.25, -0.2) is 13.1 Å². The molecule has 0 aliphatic heterocycles. The maximum absolute atomic E-state index is 12.2. The average Bonchev–Trinajstić information content (AvgIpc) is 2.93. The highest BCUT2D eigenvalue weighted by Gasteiger charge is 2.28. The smallest absolute Gasteiger partial charge is 0.240 e. The van der Waals surface area contributed by atoms with Crippen LogP contribution in [0.1, 0.15) is 36.5 Å². The molecule has 1 aliphatic carbocycles. The summed E-state index contributed by atoms with van der Waals surface area (Å²) < 4.78 is 27.0. The third-order valence-corrected chi connectivity index (χ3v) is 5.60. The van der Waals surface area contributed by atoms with Crippen LogP contribution in [0.3, 0.4) is 0 Å². The summed E-state index contributed by atoms with van der Waals surface area (Å²) in [5.41, 5.74) is 0.491. The molecule has 0 aromatic heterocycles. The summed E-state index contributed by atoms with van der Waals surface area (Å²) in [7, 11) is -3.56. The fourth-order valence-corrected chi connectivity index (χ4v) is 3.89. The predicted octanol–water partition coefficient (Wildman–Crippen LogP) is 1.58. The summed E-state index contributed by atoms with van der Waals surface area (Å²) in [6.45, 7) is 1.90. The Labute approximate surface area is 125 Å². The van der Waals surface area contributed by atoms with Gasteiger partial charge in [0.15, 0.2) is 5.78 Å². The Morgan fingerprint density at radius 1 is 1.24 bits per heavy atom. The number of hydrogen-bond donors (Lipinski definition) is 2. The van der Waals surface area contributed by atoms with Gasteiger partial charge in [0.2, 0.25) is 10.0 Å². The molecule has 1 fully saturated rings. The highest BCUT2D eigenvalue weighted by Crippen LogP contribution is 2.30. The first-order valence-corrected chi connectivity index (χ1v) is 8.64. The van der Waals surface area contributed by atoms with Crippen LogP contribution in [0.5, 0.6) is 0 Å². The van der Waals surface area contributed by atoms with Crippen LogP contribution in [0.2, 0.25) is 0 Å². The van der Waals surface area contributed by atoms with E-state index in [2.05, 4.69) is 4.72 Å². The van der Waals surface area contributed by atoms with Gasteiger partial charge < -0.3 is 5.11 Å². The number of nitrogens with one attached hydrogen (secondary N) is 1. The lowest BCUT2D eigenvalue weighted by atomic mass is 9.97. The number of ketones is 1. The van der Waals surface area contributed by atoms with E-state index in [1.165, 1.54) is 31.2 Å². The Morgan fingerprint density at radius 2 is 1.86 bits per heavy atom. The zero-order chi connectivity index (χ0) is 15.5. The molecule has 0 amide bonds. The van der Waals surface area contributed by atoms with E-state index >= 15 is 0 Å². The number of aliphatic hydroxyl groups excluding tert-OH is 1. The minimum Gasteiger partial charge on any atom is -0.396 e. The Balaban J connectivity index is 2.02. The number of hydrogen-bond acceptors (Lipinski definition) is 4. The molecule has 0 heterocycles. The Hall–Kier alpha value is -1.24. The largest absolute Gasteiger partial charge is 0.396 e. The average molecular weight is 311 g/mol. The van der Waals surface area contributed by atoms with Gasteiger partial charge in [0, 0.05) is 18.7 Å². The minimum atomic E-state index is -3.56. The molecule has 1 aromatic rings. The Morgan fingerprint density at radius 3 is 2.43 bits per heavy atom. The van der Waals surface area contributed by atoms with Crippen molar-refractivity contribution < 1.29 is 18.3 Å². The second kappa shape index (κ2) is 6.68. The van der Waals surface area contributed by atoms with E-state index in [1.54, 1.807) is 0 Å². The van der Waals surface area contributed by atoms with Crippen LogP contribution in [0, 0.1) is 11.8 Å². The molecular formula is C15H21NO4S. The van der Waals surface area contributed by atoms with Crippen molar-refractivity contribution in [2.75, 3.05) is 13.2 Å². The van der Waals surface area contributed by atoms with Gasteiger partial charge in [-0.05, 0) is 43.7 Å². The third-order valence-electron chi connectivity index (χ3n) is 4.16. The van der Waals surface area contributed by atoms with Crippen LogP contribution >= 0.6 is 0 Å². The molecule has 5 nitrogen and oxygen atoms in total. The maximum atomic E-state index is 12.2. The number of benzene rings is 1. The molecular weight excluding hydrogens is 290 g/mol. The lowest BCUT2D eigenvalue weighted by Crippen LogP contribution is -2.31. The highest BCUT2D eigenvalue weighted by molar-refractivity contribution is 7.89. The topological polar surface area (TPSA) is 83.5 Å². The molecule has 21 heavy (non-hydrogen) atoms. The zero-order valence-electron chi connectivity index (χ0n) is 12.1. The minimum absolute atomic E-state index is 0.0938. The molecule has 1 aliphatic rings. The van der Waals surface area contributed by atoms with Crippen molar-refractivity contribution in [1.82, 2.24) is 4.72 Å². The molecule has 0 spiro atoms. The molecule has 6 heteroatoms. The molecule has 2 N–H and O–H groups in total. The van der Waals surface area contributed by atoms with E-state index < -0.39 is 10.0 Å². The van der Waals surface area contributed by atoms with E-state index in [4.69, 9.17) is 0 Å². The monoisotopic (exact) mass is 311 g/mol. The fraction of sp³-hybridized carbons (Fsp3) is 0.533. The molecule has 0 bridgehead atoms. The maximum Gasteiger partial charge on any atom is 0.240 e. The van der Waals surface area contributed by atoms with Gasteiger partial charge in [-0.2, -0.15) is 0 Å². The number of carbonyl (C=O) groups is 1. The zero-order valence-corrected chi connectivity index (χ0v) is 12.9. The van der Waals surface area contributed by atoms with Gasteiger partial charge in [0.25, 0.3) is 0 Å². The first-order valence-electron chi connectivity index (χ1n) is 7.15. The molecule has 1 aromatic carbocycles. The quantitative estimate of drug-likeness (QED) is 0.781. The molecule has 2 rings (SSSR count). The number of rotatable bonds is 6. The van der Waals surface area contributed by atoms with Crippen LogP contribution in [0.4, 0.5) is 0 Å². The molecule has 1 saturated carbocycles. The van der Waals surface area contributed by atoms with E-state index in [9.17, 15) is 18.3 Å². The summed E-state index contributed by atoms with van der Waals surface area (Å²) in [6.07, 6.45) is 2.93. The van der Waals surface area contributed by atoms with Gasteiger partial charge in [0.1, 0.15) is 0 Å². The van der Waals surface area contributed by atoms with E-state index in [-0.39, 0.29) is 29.1 Å². The molecule has 116 valence electrons. The van der Waals surface area contributed by atoms with Gasteiger partial charge in [0.05, 0.1) is 4.90 Å². The number of carbonyl (C=O) groups excluding carboxylic acids is 1. The summed E-state index contributed by atoms with van der Waals surface area (Å²) in [4.78, 5) is 11.3. The second-order valence-electron chi connectivity index (χ2n) is 5.57. The van der Waals surface area contributed by atoms with E-state index in [0.717, 1.165) is 19.3 Å². The highest BCUT2D eigenvalue weighted by atomic mass is 32.2. The summed E-state index contributed by atoms with van der Waals surface area (Å²) >= 11 is 0. The SMILES string of the molecule is CC(=O)c1ccc(S(=O)(=O)NCC2CCCC2CO)cc1. The van der Waals surface area contributed by atoms with Crippen LogP contribution in [0.25, 0.3) is 0 Å². The van der Waals surface area contributed by atoms with Crippen molar-refractivity contribution >= 4 is 15.8 Å². The first-order chi connectivity index (χ1) is 9.94. The van der Waals surface area contributed by atoms with Gasteiger partial charge in [-0.3, -0.25) is 4.79 Å². The van der Waals surface area contributed by atoms with Crippen LogP contribution < -0.4 is 4.72 Å². The van der Waals surface area contributed by atoms with Crippen molar-refractivity contribution in [2.45, 2.75) is 31.1 Å². The van der Waals surface area contributed by atoms with Crippen molar-refractivity contribution in [3.8, 4) is 0 Å². The number of Topliss-reactive ketones (excluding diaryl/α,β-unsaturated/α-hetero) is 1. The van der Waals surface area contributed by atoms with Gasteiger partial charge in [-0.15, -0.1) is 0 Å². The van der Waals surface area contributed by atoms with E-state index in [0.29, 0.717) is 12.1 Å². The van der Waals surface area contributed by atoms with Crippen LogP contribution in [-0.2, 0) is 10.0 Å². The summed E-state index contributed by atoms with van der Waals surface area (Å²) in [5.74, 6) is 0.290. The molecule has 0 radical (unpaired) electrons. The second-order valence-corrected chi connectivity index (χ2v) is 7.33. The standard InChI is InChI=1S/C15H21NO4S/c1-11(18)12-5-7-15(8-6-12)21(19,20)16-9-13-3-2-4-14(13)10-17/h5-8,13-14,16-17H,2-4,9-10H2,1H3. The predicted molar refractivity (Wildman–Crippen MR) is 79.6 cm³/mol. The Kier molecular flexibility index (Phi) is 5.13. The lowest BCUT2D eigenvalue weighted by Gasteiger charge is -2.17. The third kappa shape index (κ3) is 3.90. The number of aliphatic hydroxyl groups is 1. The molecule has 0 saturated heterocycles. The fourth-order valence-electron chi connectivity index (χ4n) is 2.79. The first kappa shape index (κ1) is 16.1. The van der Waals surface area contributed by atoms with Crippen molar-refractivity contribution in [3.63, 3.8) is 0 Å². The van der Waals surface area contributed by atoms with Gasteiger partial charge >= 0.3 is 0 Å². The van der Waals surface area contributed by atoms with Crippen LogP contribution in [-0.4, -0.2) is 32.5 Å². The van der Waals surface area contributed by atoms with E-state index in [1.807, 2.05) is 0 Å². The van der Waals surface area contributed by atoms with Crippen molar-refractivity contribution in [1.29, 1.82) is 0 Å². The number of sulfonamides is 1. The summed E-state index contributed by atoms with van der Waals surface area (Å²) in [5, 5.41) is 9.26. The molecule has 2 atom stereocenters. The van der Waals surface area contributed by atoms with Gasteiger partial charge in [-0.1, -0.05) is 18.6 Å². The summed E-state index contributed by atoms with van der Waals surface area (Å²) in [6, 6.07) is 5.92. The molecule has 2 unspecified atom stereocenters. The Bertz CT molecular complexity index is 595.